The number of hydrogen-bond donors (Lipinski definition) is 2. The van der Waals surface area contributed by atoms with Crippen LogP contribution in [0.15, 0.2) is 18.2 Å². The van der Waals surface area contributed by atoms with Crippen molar-refractivity contribution in [2.24, 2.45) is 0 Å². The lowest BCUT2D eigenvalue weighted by molar-refractivity contribution is -0.113. The molecule has 0 unspecified atom stereocenters. The zero-order valence-corrected chi connectivity index (χ0v) is 10.2. The number of rotatable bonds is 2. The lowest BCUT2D eigenvalue weighted by atomic mass is 10.3. The average Bonchev–Trinajstić information content (AvgIpc) is 2.57. The first kappa shape index (κ1) is 12.8. The molecule has 16 heavy (non-hydrogen) atoms. The van der Waals surface area contributed by atoms with E-state index in [1.165, 1.54) is 0 Å². The van der Waals surface area contributed by atoms with Crippen LogP contribution in [0.2, 0.25) is 0 Å². The highest BCUT2D eigenvalue weighted by atomic mass is 35.5. The SMILES string of the molecule is Cc1nc2ccc(NC(=O)CCl)cc2[nH]1.Cl. The molecule has 0 saturated carbocycles. The summed E-state index contributed by atoms with van der Waals surface area (Å²) >= 11 is 5.39. The number of benzene rings is 1. The van der Waals surface area contributed by atoms with Gasteiger partial charge in [0.05, 0.1) is 11.0 Å². The quantitative estimate of drug-likeness (QED) is 0.815. The Morgan fingerprint density at radius 3 is 3.00 bits per heavy atom. The highest BCUT2D eigenvalue weighted by Crippen LogP contribution is 2.16. The predicted octanol–water partition coefficient (Wildman–Crippen LogP) is 2.47. The topological polar surface area (TPSA) is 57.8 Å². The third-order valence-corrected chi connectivity index (χ3v) is 2.25. The van der Waals surface area contributed by atoms with Crippen LogP contribution in [0, 0.1) is 6.92 Å². The first-order chi connectivity index (χ1) is 7.19. The summed E-state index contributed by atoms with van der Waals surface area (Å²) in [6, 6.07) is 5.48. The summed E-state index contributed by atoms with van der Waals surface area (Å²) in [7, 11) is 0. The van der Waals surface area contributed by atoms with Gasteiger partial charge in [-0.05, 0) is 25.1 Å². The Morgan fingerprint density at radius 1 is 1.56 bits per heavy atom. The fourth-order valence-corrected chi connectivity index (χ4v) is 1.48. The van der Waals surface area contributed by atoms with Gasteiger partial charge in [-0.15, -0.1) is 24.0 Å². The number of aromatic amines is 1. The fraction of sp³-hybridized carbons (Fsp3) is 0.200. The Kier molecular flexibility index (Phi) is 4.15. The van der Waals surface area contributed by atoms with Crippen LogP contribution in [0.4, 0.5) is 5.69 Å². The number of H-pyrrole nitrogens is 1. The molecule has 0 atom stereocenters. The minimum Gasteiger partial charge on any atom is -0.342 e. The number of fused-ring (bicyclic) bond motifs is 1. The van der Waals surface area contributed by atoms with E-state index in [-0.39, 0.29) is 24.2 Å². The Bertz CT molecular complexity index is 510. The Labute approximate surface area is 104 Å². The summed E-state index contributed by atoms with van der Waals surface area (Å²) in [5, 5.41) is 2.67. The molecule has 0 aliphatic carbocycles. The van der Waals surface area contributed by atoms with Crippen LogP contribution in [-0.4, -0.2) is 21.8 Å². The molecule has 2 N–H and O–H groups in total. The van der Waals surface area contributed by atoms with E-state index in [0.29, 0.717) is 0 Å². The lowest BCUT2D eigenvalue weighted by Crippen LogP contribution is -2.12. The highest BCUT2D eigenvalue weighted by Gasteiger charge is 2.03. The van der Waals surface area contributed by atoms with Crippen LogP contribution in [0.3, 0.4) is 0 Å². The number of aromatic nitrogens is 2. The van der Waals surface area contributed by atoms with E-state index in [1.54, 1.807) is 6.07 Å². The van der Waals surface area contributed by atoms with E-state index in [1.807, 2.05) is 19.1 Å². The van der Waals surface area contributed by atoms with Gasteiger partial charge in [0, 0.05) is 5.69 Å². The maximum absolute atomic E-state index is 11.1. The Balaban J connectivity index is 0.00000128. The van der Waals surface area contributed by atoms with Crippen molar-refractivity contribution in [2.45, 2.75) is 6.92 Å². The number of carbonyl (C=O) groups is 1. The molecular formula is C10H11Cl2N3O. The van der Waals surface area contributed by atoms with E-state index >= 15 is 0 Å². The third kappa shape index (κ3) is 2.65. The molecule has 1 aromatic heterocycles. The summed E-state index contributed by atoms with van der Waals surface area (Å²) in [5.74, 6) is 0.595. The number of nitrogens with zero attached hydrogens (tertiary/aromatic N) is 1. The molecule has 2 aromatic rings. The summed E-state index contributed by atoms with van der Waals surface area (Å²) < 4.78 is 0. The van der Waals surface area contributed by atoms with Crippen molar-refractivity contribution >= 4 is 46.6 Å². The van der Waals surface area contributed by atoms with Gasteiger partial charge in [0.2, 0.25) is 5.91 Å². The molecule has 0 bridgehead atoms. The number of imidazole rings is 1. The molecular weight excluding hydrogens is 249 g/mol. The van der Waals surface area contributed by atoms with E-state index in [9.17, 15) is 4.79 Å². The van der Waals surface area contributed by atoms with Crippen molar-refractivity contribution in [3.05, 3.63) is 24.0 Å². The number of aryl methyl sites for hydroxylation is 1. The van der Waals surface area contributed by atoms with E-state index in [4.69, 9.17) is 11.6 Å². The van der Waals surface area contributed by atoms with Crippen molar-refractivity contribution in [3.63, 3.8) is 0 Å². The van der Waals surface area contributed by atoms with Crippen LogP contribution >= 0.6 is 24.0 Å². The second-order valence-electron chi connectivity index (χ2n) is 3.24. The summed E-state index contributed by atoms with van der Waals surface area (Å²) in [6.07, 6.45) is 0. The lowest BCUT2D eigenvalue weighted by Gasteiger charge is -2.01. The standard InChI is InChI=1S/C10H10ClN3O.ClH/c1-6-12-8-3-2-7(4-9(8)13-6)14-10(15)5-11;/h2-4H,5H2,1H3,(H,12,13)(H,14,15);1H. The number of halogens is 2. The number of hydrogen-bond acceptors (Lipinski definition) is 2. The first-order valence-electron chi connectivity index (χ1n) is 4.51. The largest absolute Gasteiger partial charge is 0.342 e. The second kappa shape index (κ2) is 5.18. The molecule has 0 spiro atoms. The first-order valence-corrected chi connectivity index (χ1v) is 5.04. The maximum Gasteiger partial charge on any atom is 0.239 e. The van der Waals surface area contributed by atoms with Gasteiger partial charge in [-0.25, -0.2) is 4.98 Å². The van der Waals surface area contributed by atoms with Gasteiger partial charge in [-0.2, -0.15) is 0 Å². The molecule has 1 amide bonds. The number of alkyl halides is 1. The molecule has 6 heteroatoms. The van der Waals surface area contributed by atoms with Gasteiger partial charge >= 0.3 is 0 Å². The monoisotopic (exact) mass is 259 g/mol. The predicted molar refractivity (Wildman–Crippen MR) is 67.4 cm³/mol. The number of carbonyl (C=O) groups excluding carboxylic acids is 1. The van der Waals surface area contributed by atoms with Crippen molar-refractivity contribution in [2.75, 3.05) is 11.2 Å². The van der Waals surface area contributed by atoms with Crippen molar-refractivity contribution in [1.82, 2.24) is 9.97 Å². The fourth-order valence-electron chi connectivity index (χ4n) is 1.41. The van der Waals surface area contributed by atoms with Gasteiger partial charge in [-0.3, -0.25) is 4.79 Å². The number of nitrogens with one attached hydrogen (secondary N) is 2. The molecule has 0 fully saturated rings. The van der Waals surface area contributed by atoms with Gasteiger partial charge in [-0.1, -0.05) is 0 Å². The molecule has 86 valence electrons. The van der Waals surface area contributed by atoms with Crippen LogP contribution in [-0.2, 0) is 4.79 Å². The zero-order chi connectivity index (χ0) is 10.8. The van der Waals surface area contributed by atoms with Crippen LogP contribution < -0.4 is 5.32 Å². The minimum atomic E-state index is -0.216. The van der Waals surface area contributed by atoms with E-state index < -0.39 is 0 Å². The zero-order valence-electron chi connectivity index (χ0n) is 8.58. The van der Waals surface area contributed by atoms with Crippen molar-refractivity contribution in [3.8, 4) is 0 Å². The molecule has 1 heterocycles. The highest BCUT2D eigenvalue weighted by molar-refractivity contribution is 6.29. The van der Waals surface area contributed by atoms with E-state index in [2.05, 4.69) is 15.3 Å². The van der Waals surface area contributed by atoms with E-state index in [0.717, 1.165) is 22.5 Å². The molecule has 4 nitrogen and oxygen atoms in total. The van der Waals surface area contributed by atoms with Crippen LogP contribution in [0.25, 0.3) is 11.0 Å². The molecule has 1 aromatic carbocycles. The normalized spacial score (nSPS) is 9.88. The van der Waals surface area contributed by atoms with Crippen molar-refractivity contribution < 1.29 is 4.79 Å². The van der Waals surface area contributed by atoms with Gasteiger partial charge in [0.25, 0.3) is 0 Å². The van der Waals surface area contributed by atoms with Crippen LogP contribution in [0.1, 0.15) is 5.82 Å². The summed E-state index contributed by atoms with van der Waals surface area (Å²) in [6.45, 7) is 1.89. The average molecular weight is 260 g/mol. The van der Waals surface area contributed by atoms with Gasteiger partial charge < -0.3 is 10.3 Å². The Hall–Kier alpha value is -1.26. The number of amides is 1. The summed E-state index contributed by atoms with van der Waals surface area (Å²) in [4.78, 5) is 18.4. The molecule has 0 aliphatic heterocycles. The minimum absolute atomic E-state index is 0. The van der Waals surface area contributed by atoms with Gasteiger partial charge in [0.15, 0.2) is 0 Å². The number of anilines is 1. The molecule has 0 radical (unpaired) electrons. The third-order valence-electron chi connectivity index (χ3n) is 2.01. The van der Waals surface area contributed by atoms with Crippen molar-refractivity contribution in [1.29, 1.82) is 0 Å². The van der Waals surface area contributed by atoms with Crippen LogP contribution in [0.5, 0.6) is 0 Å². The molecule has 2 rings (SSSR count). The maximum atomic E-state index is 11.1. The molecule has 0 saturated heterocycles. The summed E-state index contributed by atoms with van der Waals surface area (Å²) in [5.41, 5.74) is 2.51. The van der Waals surface area contributed by atoms with Gasteiger partial charge in [0.1, 0.15) is 11.7 Å². The Morgan fingerprint density at radius 2 is 2.31 bits per heavy atom. The smallest absolute Gasteiger partial charge is 0.239 e. The second-order valence-corrected chi connectivity index (χ2v) is 3.50. The molecule has 0 aliphatic rings.